The minimum atomic E-state index is -3.56. The van der Waals surface area contributed by atoms with Gasteiger partial charge >= 0.3 is 0 Å². The average Bonchev–Trinajstić information content (AvgIpc) is 2.61. The van der Waals surface area contributed by atoms with Crippen molar-refractivity contribution in [1.29, 1.82) is 0 Å². The summed E-state index contributed by atoms with van der Waals surface area (Å²) < 4.78 is 36.8. The van der Waals surface area contributed by atoms with Gasteiger partial charge in [0.1, 0.15) is 5.75 Å². The van der Waals surface area contributed by atoms with E-state index in [4.69, 9.17) is 9.47 Å². The van der Waals surface area contributed by atoms with Crippen molar-refractivity contribution in [3.8, 4) is 5.75 Å². The maximum Gasteiger partial charge on any atom is 0.260 e. The van der Waals surface area contributed by atoms with Crippen LogP contribution in [0.5, 0.6) is 5.75 Å². The van der Waals surface area contributed by atoms with Gasteiger partial charge < -0.3 is 14.4 Å². The molecule has 1 aromatic rings. The summed E-state index contributed by atoms with van der Waals surface area (Å²) in [6, 6.07) is 6.02. The summed E-state index contributed by atoms with van der Waals surface area (Å²) in [5.74, 6) is 1.09. The molecule has 1 amide bonds. The van der Waals surface area contributed by atoms with Gasteiger partial charge in [-0.1, -0.05) is 6.92 Å². The van der Waals surface area contributed by atoms with Crippen LogP contribution < -0.4 is 9.46 Å². The number of rotatable bonds is 8. The molecule has 0 radical (unpaired) electrons. The van der Waals surface area contributed by atoms with E-state index in [2.05, 4.69) is 11.6 Å². The van der Waals surface area contributed by atoms with Crippen molar-refractivity contribution in [1.82, 2.24) is 9.62 Å². The molecule has 1 saturated heterocycles. The average molecular weight is 370 g/mol. The highest BCUT2D eigenvalue weighted by Gasteiger charge is 2.20. The van der Waals surface area contributed by atoms with Crippen LogP contribution in [0.4, 0.5) is 0 Å². The first-order valence-electron chi connectivity index (χ1n) is 8.41. The fraction of sp³-hybridized carbons (Fsp3) is 0.588. The molecule has 1 fully saturated rings. The van der Waals surface area contributed by atoms with Gasteiger partial charge in [-0.15, -0.1) is 0 Å². The summed E-state index contributed by atoms with van der Waals surface area (Å²) in [5.41, 5.74) is 0. The summed E-state index contributed by atoms with van der Waals surface area (Å²) in [6.07, 6.45) is 2.04. The topological polar surface area (TPSA) is 84.9 Å². The predicted octanol–water partition coefficient (Wildman–Crippen LogP) is 1.25. The van der Waals surface area contributed by atoms with Crippen molar-refractivity contribution in [2.24, 2.45) is 5.92 Å². The molecule has 0 spiro atoms. The van der Waals surface area contributed by atoms with Gasteiger partial charge in [-0.25, -0.2) is 13.1 Å². The Morgan fingerprint density at radius 1 is 1.24 bits per heavy atom. The van der Waals surface area contributed by atoms with Gasteiger partial charge in [0.15, 0.2) is 6.61 Å². The van der Waals surface area contributed by atoms with Crippen LogP contribution in [0.15, 0.2) is 29.2 Å². The van der Waals surface area contributed by atoms with E-state index in [9.17, 15) is 13.2 Å². The van der Waals surface area contributed by atoms with Gasteiger partial charge in [0.25, 0.3) is 5.91 Å². The summed E-state index contributed by atoms with van der Waals surface area (Å²) in [4.78, 5) is 14.1. The van der Waals surface area contributed by atoms with Gasteiger partial charge in [0.05, 0.1) is 11.5 Å². The molecular formula is C17H26N2O5S. The molecule has 2 rings (SSSR count). The second kappa shape index (κ2) is 9.17. The zero-order chi connectivity index (χ0) is 18.3. The number of amides is 1. The molecule has 140 valence electrons. The van der Waals surface area contributed by atoms with E-state index in [1.165, 1.54) is 19.2 Å². The highest BCUT2D eigenvalue weighted by Crippen LogP contribution is 2.18. The van der Waals surface area contributed by atoms with E-state index in [0.717, 1.165) is 25.9 Å². The molecule has 1 aromatic carbocycles. The third-order valence-electron chi connectivity index (χ3n) is 4.23. The van der Waals surface area contributed by atoms with Gasteiger partial charge in [0.2, 0.25) is 10.0 Å². The first-order chi connectivity index (χ1) is 11.9. The minimum absolute atomic E-state index is 0.0352. The number of likely N-dealkylation sites (tertiary alicyclic amines) is 1. The molecule has 1 aliphatic rings. The quantitative estimate of drug-likeness (QED) is 0.696. The Labute approximate surface area is 149 Å². The van der Waals surface area contributed by atoms with E-state index in [-0.39, 0.29) is 24.0 Å². The van der Waals surface area contributed by atoms with Crippen molar-refractivity contribution in [2.45, 2.75) is 24.7 Å². The molecule has 8 heteroatoms. The number of piperidine rings is 1. The second-order valence-corrected chi connectivity index (χ2v) is 7.98. The Hall–Kier alpha value is -1.64. The molecular weight excluding hydrogens is 344 g/mol. The maximum absolute atomic E-state index is 12.1. The number of carbonyl (C=O) groups excluding carboxylic acids is 1. The predicted molar refractivity (Wildman–Crippen MR) is 94.0 cm³/mol. The number of benzene rings is 1. The van der Waals surface area contributed by atoms with E-state index in [1.807, 2.05) is 4.90 Å². The largest absolute Gasteiger partial charge is 0.484 e. The van der Waals surface area contributed by atoms with E-state index < -0.39 is 10.0 Å². The molecule has 7 nitrogen and oxygen atoms in total. The Morgan fingerprint density at radius 2 is 1.88 bits per heavy atom. The van der Waals surface area contributed by atoms with Crippen LogP contribution in [0.1, 0.15) is 19.8 Å². The standard InChI is InChI=1S/C17H26N2O5S/c1-14-7-10-19(11-8-14)17(20)13-24-15-3-5-16(6-4-15)25(21,22)18-9-12-23-2/h3-6,14,18H,7-13H2,1-2H3. The second-order valence-electron chi connectivity index (χ2n) is 6.21. The molecule has 0 aliphatic carbocycles. The molecule has 0 aromatic heterocycles. The summed E-state index contributed by atoms with van der Waals surface area (Å²) in [6.45, 7) is 4.21. The lowest BCUT2D eigenvalue weighted by Crippen LogP contribution is -2.40. The molecule has 0 saturated carbocycles. The smallest absolute Gasteiger partial charge is 0.260 e. The maximum atomic E-state index is 12.1. The number of methoxy groups -OCH3 is 1. The lowest BCUT2D eigenvalue weighted by atomic mass is 9.99. The summed E-state index contributed by atoms with van der Waals surface area (Å²) in [7, 11) is -2.06. The number of hydrogen-bond acceptors (Lipinski definition) is 5. The molecule has 0 bridgehead atoms. The number of nitrogens with one attached hydrogen (secondary N) is 1. The Morgan fingerprint density at radius 3 is 2.48 bits per heavy atom. The van der Waals surface area contributed by atoms with Crippen LogP contribution in [-0.4, -0.2) is 59.2 Å². The first-order valence-corrected chi connectivity index (χ1v) is 9.90. The first kappa shape index (κ1) is 19.7. The molecule has 1 heterocycles. The number of ether oxygens (including phenoxy) is 2. The lowest BCUT2D eigenvalue weighted by molar-refractivity contribution is -0.134. The third kappa shape index (κ3) is 5.98. The van der Waals surface area contributed by atoms with Crippen LogP contribution >= 0.6 is 0 Å². The van der Waals surface area contributed by atoms with Crippen molar-refractivity contribution in [3.63, 3.8) is 0 Å². The number of nitrogens with zero attached hydrogens (tertiary/aromatic N) is 1. The Bertz CT molecular complexity index is 652. The van der Waals surface area contributed by atoms with Crippen LogP contribution in [0, 0.1) is 5.92 Å². The lowest BCUT2D eigenvalue weighted by Gasteiger charge is -2.30. The zero-order valence-corrected chi connectivity index (χ0v) is 15.5. The summed E-state index contributed by atoms with van der Waals surface area (Å²) >= 11 is 0. The van der Waals surface area contributed by atoms with Crippen LogP contribution in [0.25, 0.3) is 0 Å². The molecule has 0 atom stereocenters. The van der Waals surface area contributed by atoms with Crippen molar-refractivity contribution >= 4 is 15.9 Å². The monoisotopic (exact) mass is 370 g/mol. The van der Waals surface area contributed by atoms with E-state index in [1.54, 1.807) is 12.1 Å². The number of carbonyl (C=O) groups is 1. The van der Waals surface area contributed by atoms with Gasteiger partial charge in [-0.2, -0.15) is 0 Å². The van der Waals surface area contributed by atoms with E-state index >= 15 is 0 Å². The number of sulfonamides is 1. The van der Waals surface area contributed by atoms with Crippen molar-refractivity contribution in [2.75, 3.05) is 40.0 Å². The zero-order valence-electron chi connectivity index (χ0n) is 14.7. The van der Waals surface area contributed by atoms with Crippen LogP contribution in [0.2, 0.25) is 0 Å². The minimum Gasteiger partial charge on any atom is -0.484 e. The highest BCUT2D eigenvalue weighted by molar-refractivity contribution is 7.89. The Kier molecular flexibility index (Phi) is 7.22. The molecule has 1 N–H and O–H groups in total. The molecule has 25 heavy (non-hydrogen) atoms. The van der Waals surface area contributed by atoms with Crippen molar-refractivity contribution < 1.29 is 22.7 Å². The Balaban J connectivity index is 1.84. The summed E-state index contributed by atoms with van der Waals surface area (Å²) in [5, 5.41) is 0. The van der Waals surface area contributed by atoms with Crippen LogP contribution in [0.3, 0.4) is 0 Å². The number of hydrogen-bond donors (Lipinski definition) is 1. The highest BCUT2D eigenvalue weighted by atomic mass is 32.2. The SMILES string of the molecule is COCCNS(=O)(=O)c1ccc(OCC(=O)N2CCC(C)CC2)cc1. The normalized spacial score (nSPS) is 16.0. The fourth-order valence-electron chi connectivity index (χ4n) is 2.57. The van der Waals surface area contributed by atoms with Gasteiger partial charge in [-0.3, -0.25) is 4.79 Å². The fourth-order valence-corrected chi connectivity index (χ4v) is 3.58. The van der Waals surface area contributed by atoms with Crippen LogP contribution in [-0.2, 0) is 19.6 Å². The van der Waals surface area contributed by atoms with E-state index in [0.29, 0.717) is 18.3 Å². The molecule has 0 unspecified atom stereocenters. The van der Waals surface area contributed by atoms with Crippen molar-refractivity contribution in [3.05, 3.63) is 24.3 Å². The third-order valence-corrected chi connectivity index (χ3v) is 5.71. The molecule has 1 aliphatic heterocycles. The van der Waals surface area contributed by atoms with Gasteiger partial charge in [0, 0.05) is 26.7 Å². The van der Waals surface area contributed by atoms with Gasteiger partial charge in [-0.05, 0) is 43.0 Å².